The molecule has 4 heteroatoms. The van der Waals surface area contributed by atoms with Crippen LogP contribution in [0.3, 0.4) is 0 Å². The summed E-state index contributed by atoms with van der Waals surface area (Å²) >= 11 is 0. The van der Waals surface area contributed by atoms with Gasteiger partial charge in [0.25, 0.3) is 0 Å². The second kappa shape index (κ2) is 3.43. The molecule has 1 aromatic rings. The summed E-state index contributed by atoms with van der Waals surface area (Å²) in [5.74, 6) is 1.33. The van der Waals surface area contributed by atoms with E-state index >= 15 is 0 Å². The van der Waals surface area contributed by atoms with Crippen molar-refractivity contribution in [3.63, 3.8) is 0 Å². The first-order valence-electron chi connectivity index (χ1n) is 5.02. The van der Waals surface area contributed by atoms with Crippen molar-refractivity contribution in [2.75, 3.05) is 5.73 Å². The van der Waals surface area contributed by atoms with Crippen LogP contribution in [-0.2, 0) is 0 Å². The standard InChI is InChI=1S/C11H13NO2.HI/c12-7-4-8(13)9-5-1-2-6(3-5)10(9)11(7)14;/h4-6,13-14H,1-3,12H2;1H/p-1. The molecule has 2 atom stereocenters. The molecule has 0 radical (unpaired) electrons. The molecule has 1 fully saturated rings. The van der Waals surface area contributed by atoms with Crippen LogP contribution < -0.4 is 29.7 Å². The molecule has 0 heterocycles. The van der Waals surface area contributed by atoms with Gasteiger partial charge in [-0.1, -0.05) is 0 Å². The zero-order valence-corrected chi connectivity index (χ0v) is 10.4. The van der Waals surface area contributed by atoms with Gasteiger partial charge >= 0.3 is 0 Å². The summed E-state index contributed by atoms with van der Waals surface area (Å²) in [5, 5.41) is 19.6. The highest BCUT2D eigenvalue weighted by molar-refractivity contribution is 5.67. The molecule has 0 saturated heterocycles. The largest absolute Gasteiger partial charge is 1.00 e. The van der Waals surface area contributed by atoms with Gasteiger partial charge < -0.3 is 39.9 Å². The van der Waals surface area contributed by atoms with E-state index in [1.54, 1.807) is 0 Å². The summed E-state index contributed by atoms with van der Waals surface area (Å²) in [7, 11) is 0. The Labute approximate surface area is 105 Å². The van der Waals surface area contributed by atoms with Crippen LogP contribution >= 0.6 is 0 Å². The predicted octanol–water partition coefficient (Wildman–Crippen LogP) is -0.951. The number of fused-ring (bicyclic) bond motifs is 5. The normalized spacial score (nSPS) is 26.1. The SMILES string of the molecule is Nc1cc(O)c2c(c1O)C1CCC2C1.[I-]. The Balaban J connectivity index is 0.000000853. The van der Waals surface area contributed by atoms with Crippen LogP contribution in [0.1, 0.15) is 42.2 Å². The minimum Gasteiger partial charge on any atom is -1.00 e. The summed E-state index contributed by atoms with van der Waals surface area (Å²) in [6.07, 6.45) is 3.32. The molecule has 4 N–H and O–H groups in total. The average Bonchev–Trinajstić information content (AvgIpc) is 2.73. The first kappa shape index (κ1) is 10.9. The fraction of sp³-hybridized carbons (Fsp3) is 0.455. The van der Waals surface area contributed by atoms with E-state index in [4.69, 9.17) is 5.73 Å². The summed E-state index contributed by atoms with van der Waals surface area (Å²) in [5.41, 5.74) is 7.78. The molecule has 3 rings (SSSR count). The van der Waals surface area contributed by atoms with Crippen molar-refractivity contribution in [1.29, 1.82) is 0 Å². The Morgan fingerprint density at radius 3 is 2.40 bits per heavy atom. The Kier molecular flexibility index (Phi) is 2.48. The maximum absolute atomic E-state index is 9.83. The summed E-state index contributed by atoms with van der Waals surface area (Å²) in [4.78, 5) is 0. The van der Waals surface area contributed by atoms with Crippen LogP contribution in [0.15, 0.2) is 6.07 Å². The number of phenols is 2. The fourth-order valence-corrected chi connectivity index (χ4v) is 3.06. The van der Waals surface area contributed by atoms with E-state index in [1.165, 1.54) is 6.07 Å². The van der Waals surface area contributed by atoms with Gasteiger partial charge in [0.05, 0.1) is 5.69 Å². The first-order chi connectivity index (χ1) is 6.68. The molecule has 0 amide bonds. The van der Waals surface area contributed by atoms with Crippen molar-refractivity contribution in [2.24, 2.45) is 0 Å². The number of halogens is 1. The molecular weight excluding hydrogens is 305 g/mol. The van der Waals surface area contributed by atoms with E-state index in [9.17, 15) is 10.2 Å². The van der Waals surface area contributed by atoms with Crippen molar-refractivity contribution in [3.8, 4) is 11.5 Å². The van der Waals surface area contributed by atoms with Crippen molar-refractivity contribution < 1.29 is 34.2 Å². The number of phenolic OH excluding ortho intramolecular Hbond substituents is 2. The second-order valence-corrected chi connectivity index (χ2v) is 4.37. The van der Waals surface area contributed by atoms with Gasteiger partial charge in [0.1, 0.15) is 11.5 Å². The van der Waals surface area contributed by atoms with E-state index in [-0.39, 0.29) is 35.5 Å². The van der Waals surface area contributed by atoms with Crippen LogP contribution in [0, 0.1) is 0 Å². The molecule has 3 nitrogen and oxygen atoms in total. The van der Waals surface area contributed by atoms with Gasteiger partial charge in [-0.3, -0.25) is 0 Å². The Morgan fingerprint density at radius 1 is 1.13 bits per heavy atom. The monoisotopic (exact) mass is 318 g/mol. The first-order valence-corrected chi connectivity index (χ1v) is 5.02. The number of benzene rings is 1. The number of nitrogens with two attached hydrogens (primary N) is 1. The summed E-state index contributed by atoms with van der Waals surface area (Å²) in [6, 6.07) is 1.47. The highest BCUT2D eigenvalue weighted by Crippen LogP contribution is 2.59. The number of anilines is 1. The molecule has 1 saturated carbocycles. The smallest absolute Gasteiger partial charge is 0.142 e. The molecular formula is C11H13INO2-. The topological polar surface area (TPSA) is 66.5 Å². The zero-order chi connectivity index (χ0) is 9.87. The lowest BCUT2D eigenvalue weighted by Crippen LogP contribution is -3.00. The maximum Gasteiger partial charge on any atom is 0.142 e. The summed E-state index contributed by atoms with van der Waals surface area (Å²) < 4.78 is 0. The van der Waals surface area contributed by atoms with Gasteiger partial charge in [0.2, 0.25) is 0 Å². The van der Waals surface area contributed by atoms with Crippen molar-refractivity contribution in [3.05, 3.63) is 17.2 Å². The lowest BCUT2D eigenvalue weighted by Gasteiger charge is -2.18. The third-order valence-electron chi connectivity index (χ3n) is 3.64. The molecule has 2 bridgehead atoms. The highest BCUT2D eigenvalue weighted by Gasteiger charge is 2.41. The van der Waals surface area contributed by atoms with Gasteiger partial charge in [0.15, 0.2) is 0 Å². The molecule has 2 aliphatic carbocycles. The molecule has 1 aromatic carbocycles. The van der Waals surface area contributed by atoms with Crippen molar-refractivity contribution >= 4 is 5.69 Å². The molecule has 82 valence electrons. The zero-order valence-electron chi connectivity index (χ0n) is 8.20. The lowest BCUT2D eigenvalue weighted by molar-refractivity contribution is -0.00000482. The minimum atomic E-state index is 0. The number of rotatable bonds is 0. The van der Waals surface area contributed by atoms with E-state index in [0.29, 0.717) is 17.5 Å². The lowest BCUT2D eigenvalue weighted by atomic mass is 9.90. The maximum atomic E-state index is 9.83. The molecule has 0 spiro atoms. The van der Waals surface area contributed by atoms with Gasteiger partial charge in [-0.2, -0.15) is 0 Å². The molecule has 0 aromatic heterocycles. The third kappa shape index (κ3) is 1.30. The average molecular weight is 318 g/mol. The van der Waals surface area contributed by atoms with E-state index < -0.39 is 0 Å². The number of aromatic hydroxyl groups is 2. The van der Waals surface area contributed by atoms with Crippen molar-refractivity contribution in [2.45, 2.75) is 31.1 Å². The van der Waals surface area contributed by atoms with Gasteiger partial charge in [0, 0.05) is 17.2 Å². The number of hydrogen-bond acceptors (Lipinski definition) is 3. The third-order valence-corrected chi connectivity index (χ3v) is 3.64. The number of nitrogen functional groups attached to an aromatic ring is 1. The van der Waals surface area contributed by atoms with E-state index in [2.05, 4.69) is 0 Å². The van der Waals surface area contributed by atoms with Crippen LogP contribution in [-0.4, -0.2) is 10.2 Å². The second-order valence-electron chi connectivity index (χ2n) is 4.37. The predicted molar refractivity (Wildman–Crippen MR) is 53.5 cm³/mol. The van der Waals surface area contributed by atoms with Crippen LogP contribution in [0.25, 0.3) is 0 Å². The van der Waals surface area contributed by atoms with Crippen LogP contribution in [0.5, 0.6) is 11.5 Å². The van der Waals surface area contributed by atoms with Crippen LogP contribution in [0.2, 0.25) is 0 Å². The molecule has 2 unspecified atom stereocenters. The quantitative estimate of drug-likeness (QED) is 0.250. The summed E-state index contributed by atoms with van der Waals surface area (Å²) in [6.45, 7) is 0. The van der Waals surface area contributed by atoms with Crippen molar-refractivity contribution in [1.82, 2.24) is 0 Å². The van der Waals surface area contributed by atoms with Gasteiger partial charge in [-0.25, -0.2) is 0 Å². The number of hydrogen-bond donors (Lipinski definition) is 3. The minimum absolute atomic E-state index is 0. The Morgan fingerprint density at radius 2 is 1.73 bits per heavy atom. The van der Waals surface area contributed by atoms with Gasteiger partial charge in [-0.05, 0) is 31.1 Å². The molecule has 15 heavy (non-hydrogen) atoms. The van der Waals surface area contributed by atoms with Crippen LogP contribution in [0.4, 0.5) is 5.69 Å². The van der Waals surface area contributed by atoms with E-state index in [0.717, 1.165) is 30.4 Å². The molecule has 0 aliphatic heterocycles. The highest BCUT2D eigenvalue weighted by atomic mass is 127. The van der Waals surface area contributed by atoms with E-state index in [1.807, 2.05) is 0 Å². The fourth-order valence-electron chi connectivity index (χ4n) is 3.06. The Hall–Kier alpha value is -0.650. The Bertz CT molecular complexity index is 420. The molecule has 2 aliphatic rings. The van der Waals surface area contributed by atoms with Gasteiger partial charge in [-0.15, -0.1) is 0 Å².